The van der Waals surface area contributed by atoms with E-state index >= 15 is 0 Å². The van der Waals surface area contributed by atoms with Crippen molar-refractivity contribution in [1.82, 2.24) is 4.98 Å². The molecule has 92 valence electrons. The molecular formula is C12H17BBrNO2. The summed E-state index contributed by atoms with van der Waals surface area (Å²) in [6.07, 6.45) is 4.34. The molecule has 1 aromatic heterocycles. The highest BCUT2D eigenvalue weighted by molar-refractivity contribution is 9.10. The zero-order chi connectivity index (χ0) is 12.7. The Labute approximate surface area is 111 Å². The van der Waals surface area contributed by atoms with Gasteiger partial charge in [-0.05, 0) is 55.3 Å². The van der Waals surface area contributed by atoms with Crippen molar-refractivity contribution in [2.24, 2.45) is 0 Å². The van der Waals surface area contributed by atoms with Gasteiger partial charge >= 0.3 is 7.12 Å². The molecule has 3 nitrogen and oxygen atoms in total. The number of pyridine rings is 1. The van der Waals surface area contributed by atoms with Crippen molar-refractivity contribution in [3.8, 4) is 0 Å². The van der Waals surface area contributed by atoms with Crippen LogP contribution in [-0.2, 0) is 15.6 Å². The number of aromatic nitrogens is 1. The minimum atomic E-state index is -0.267. The van der Waals surface area contributed by atoms with Crippen LogP contribution in [0.2, 0.25) is 0 Å². The van der Waals surface area contributed by atoms with E-state index in [9.17, 15) is 0 Å². The summed E-state index contributed by atoms with van der Waals surface area (Å²) in [4.78, 5) is 4.14. The molecule has 0 spiro atoms. The fourth-order valence-corrected chi connectivity index (χ4v) is 2.22. The van der Waals surface area contributed by atoms with Crippen molar-refractivity contribution in [1.29, 1.82) is 0 Å². The van der Waals surface area contributed by atoms with Gasteiger partial charge in [-0.25, -0.2) is 0 Å². The molecule has 0 atom stereocenters. The lowest BCUT2D eigenvalue weighted by Crippen LogP contribution is -2.41. The SMILES string of the molecule is CC1(C)OB(Cc2cncc(Br)c2)OC1(C)C. The molecule has 0 saturated carbocycles. The van der Waals surface area contributed by atoms with Crippen molar-refractivity contribution in [2.75, 3.05) is 0 Å². The summed E-state index contributed by atoms with van der Waals surface area (Å²) < 4.78 is 12.9. The Balaban J connectivity index is 2.08. The van der Waals surface area contributed by atoms with Crippen LogP contribution < -0.4 is 0 Å². The Kier molecular flexibility index (Phi) is 3.36. The summed E-state index contributed by atoms with van der Waals surface area (Å²) in [7, 11) is -0.198. The Bertz CT molecular complexity index is 407. The van der Waals surface area contributed by atoms with E-state index in [1.807, 2.05) is 12.3 Å². The molecule has 0 aliphatic carbocycles. The maximum atomic E-state index is 5.94. The van der Waals surface area contributed by atoms with Gasteiger partial charge in [-0.3, -0.25) is 4.98 Å². The molecule has 5 heteroatoms. The molecule has 0 bridgehead atoms. The topological polar surface area (TPSA) is 31.4 Å². The van der Waals surface area contributed by atoms with Gasteiger partial charge in [0.2, 0.25) is 0 Å². The zero-order valence-electron chi connectivity index (χ0n) is 10.7. The van der Waals surface area contributed by atoms with E-state index < -0.39 is 0 Å². The molecule has 1 aliphatic rings. The Morgan fingerprint density at radius 1 is 1.18 bits per heavy atom. The van der Waals surface area contributed by atoms with E-state index in [1.165, 1.54) is 0 Å². The monoisotopic (exact) mass is 297 g/mol. The fraction of sp³-hybridized carbons (Fsp3) is 0.583. The first-order valence-electron chi connectivity index (χ1n) is 5.75. The van der Waals surface area contributed by atoms with Crippen LogP contribution in [0.1, 0.15) is 33.3 Å². The van der Waals surface area contributed by atoms with Crippen molar-refractivity contribution < 1.29 is 9.31 Å². The third-order valence-corrected chi connectivity index (χ3v) is 3.90. The van der Waals surface area contributed by atoms with Crippen LogP contribution in [0.5, 0.6) is 0 Å². The van der Waals surface area contributed by atoms with Gasteiger partial charge in [0, 0.05) is 23.2 Å². The first kappa shape index (κ1) is 13.1. The lowest BCUT2D eigenvalue weighted by atomic mass is 9.81. The number of halogens is 1. The first-order valence-corrected chi connectivity index (χ1v) is 6.54. The van der Waals surface area contributed by atoms with Gasteiger partial charge < -0.3 is 9.31 Å². The molecule has 1 aliphatic heterocycles. The minimum Gasteiger partial charge on any atom is -0.403 e. The average Bonchev–Trinajstić information content (AvgIpc) is 2.34. The predicted molar refractivity (Wildman–Crippen MR) is 71.7 cm³/mol. The molecule has 0 unspecified atom stereocenters. The molecule has 0 aromatic carbocycles. The van der Waals surface area contributed by atoms with Gasteiger partial charge in [0.05, 0.1) is 11.2 Å². The highest BCUT2D eigenvalue weighted by atomic mass is 79.9. The maximum absolute atomic E-state index is 5.94. The second-order valence-electron chi connectivity index (χ2n) is 5.40. The second kappa shape index (κ2) is 4.37. The van der Waals surface area contributed by atoms with E-state index in [0.29, 0.717) is 0 Å². The van der Waals surface area contributed by atoms with Crippen molar-refractivity contribution >= 4 is 23.0 Å². The summed E-state index contributed by atoms with van der Waals surface area (Å²) in [6.45, 7) is 8.25. The van der Waals surface area contributed by atoms with Gasteiger partial charge in [-0.1, -0.05) is 0 Å². The van der Waals surface area contributed by atoms with E-state index in [0.717, 1.165) is 16.4 Å². The number of hydrogen-bond acceptors (Lipinski definition) is 3. The predicted octanol–water partition coefficient (Wildman–Crippen LogP) is 3.02. The standard InChI is InChI=1S/C12H17BBrNO2/c1-11(2)12(3,4)17-13(16-11)6-9-5-10(14)8-15-7-9/h5,7-8H,6H2,1-4H3. The van der Waals surface area contributed by atoms with E-state index in [2.05, 4.69) is 48.6 Å². The molecule has 0 radical (unpaired) electrons. The molecule has 1 fully saturated rings. The first-order chi connectivity index (χ1) is 7.80. The summed E-state index contributed by atoms with van der Waals surface area (Å²) in [6, 6.07) is 2.04. The molecule has 17 heavy (non-hydrogen) atoms. The van der Waals surface area contributed by atoms with Crippen molar-refractivity contribution in [3.05, 3.63) is 28.5 Å². The Hall–Kier alpha value is -0.385. The molecular weight excluding hydrogens is 281 g/mol. The Morgan fingerprint density at radius 3 is 2.29 bits per heavy atom. The highest BCUT2D eigenvalue weighted by Crippen LogP contribution is 2.37. The molecule has 2 rings (SSSR count). The smallest absolute Gasteiger partial charge is 0.403 e. The third kappa shape index (κ3) is 2.72. The minimum absolute atomic E-state index is 0.198. The lowest BCUT2D eigenvalue weighted by molar-refractivity contribution is 0.00578. The fourth-order valence-electron chi connectivity index (χ4n) is 1.81. The quantitative estimate of drug-likeness (QED) is 0.786. The van der Waals surface area contributed by atoms with Crippen LogP contribution in [0.15, 0.2) is 22.9 Å². The lowest BCUT2D eigenvalue weighted by Gasteiger charge is -2.32. The molecule has 0 amide bonds. The van der Waals surface area contributed by atoms with Crippen LogP contribution in [-0.4, -0.2) is 23.3 Å². The highest BCUT2D eigenvalue weighted by Gasteiger charge is 2.50. The molecule has 0 N–H and O–H groups in total. The number of hydrogen-bond donors (Lipinski definition) is 0. The van der Waals surface area contributed by atoms with Gasteiger partial charge in [-0.2, -0.15) is 0 Å². The van der Waals surface area contributed by atoms with Gasteiger partial charge in [0.15, 0.2) is 0 Å². The summed E-state index contributed by atoms with van der Waals surface area (Å²) in [5, 5.41) is 0. The zero-order valence-corrected chi connectivity index (χ0v) is 12.2. The number of nitrogens with zero attached hydrogens (tertiary/aromatic N) is 1. The van der Waals surface area contributed by atoms with Crippen LogP contribution in [0.25, 0.3) is 0 Å². The van der Waals surface area contributed by atoms with Crippen LogP contribution in [0.3, 0.4) is 0 Å². The summed E-state index contributed by atoms with van der Waals surface area (Å²) in [5.74, 6) is 0. The maximum Gasteiger partial charge on any atom is 0.462 e. The van der Waals surface area contributed by atoms with Crippen LogP contribution in [0.4, 0.5) is 0 Å². The third-order valence-electron chi connectivity index (χ3n) is 3.47. The average molecular weight is 298 g/mol. The summed E-state index contributed by atoms with van der Waals surface area (Å²) >= 11 is 3.41. The normalized spacial score (nSPS) is 21.8. The van der Waals surface area contributed by atoms with Gasteiger partial charge in [0.1, 0.15) is 0 Å². The van der Waals surface area contributed by atoms with Crippen molar-refractivity contribution in [3.63, 3.8) is 0 Å². The molecule has 1 aromatic rings. The molecule has 1 saturated heterocycles. The van der Waals surface area contributed by atoms with E-state index in [4.69, 9.17) is 9.31 Å². The van der Waals surface area contributed by atoms with Gasteiger partial charge in [-0.15, -0.1) is 0 Å². The van der Waals surface area contributed by atoms with Gasteiger partial charge in [0.25, 0.3) is 0 Å². The molecule has 2 heterocycles. The van der Waals surface area contributed by atoms with E-state index in [1.54, 1.807) is 6.20 Å². The second-order valence-corrected chi connectivity index (χ2v) is 6.32. The van der Waals surface area contributed by atoms with Crippen LogP contribution >= 0.6 is 15.9 Å². The van der Waals surface area contributed by atoms with E-state index in [-0.39, 0.29) is 18.3 Å². The van der Waals surface area contributed by atoms with Crippen molar-refractivity contribution in [2.45, 2.75) is 45.2 Å². The van der Waals surface area contributed by atoms with Crippen LogP contribution in [0, 0.1) is 0 Å². The largest absolute Gasteiger partial charge is 0.462 e. The Morgan fingerprint density at radius 2 is 1.76 bits per heavy atom. The summed E-state index contributed by atoms with van der Waals surface area (Å²) in [5.41, 5.74) is 0.576. The number of rotatable bonds is 2.